The topological polar surface area (TPSA) is 65.0 Å². The molecular formula is C15H38O5Si4. The highest BCUT2D eigenvalue weighted by Gasteiger charge is 2.44. The molecule has 0 aliphatic rings. The Kier molecular flexibility index (Phi) is 8.82. The molecular weight excluding hydrogens is 373 g/mol. The van der Waals surface area contributed by atoms with Crippen LogP contribution in [0.2, 0.25) is 65.0 Å². The Balaban J connectivity index is 5.04. The highest BCUT2D eigenvalue weighted by molar-refractivity contribution is 6.89. The van der Waals surface area contributed by atoms with Crippen LogP contribution in [0.25, 0.3) is 0 Å². The summed E-state index contributed by atoms with van der Waals surface area (Å²) < 4.78 is 19.4. The molecule has 1 N–H and O–H groups in total. The minimum Gasteiger partial charge on any atom is -0.481 e. The lowest BCUT2D eigenvalue weighted by atomic mass is 10.1. The van der Waals surface area contributed by atoms with E-state index < -0.39 is 39.7 Å². The molecule has 0 aliphatic heterocycles. The van der Waals surface area contributed by atoms with Crippen molar-refractivity contribution >= 4 is 39.7 Å². The molecule has 24 heavy (non-hydrogen) atoms. The van der Waals surface area contributed by atoms with Crippen LogP contribution in [0.15, 0.2) is 0 Å². The van der Waals surface area contributed by atoms with Gasteiger partial charge >= 0.3 is 23.1 Å². The van der Waals surface area contributed by atoms with Crippen molar-refractivity contribution < 1.29 is 22.2 Å². The molecule has 0 fully saturated rings. The minimum atomic E-state index is -2.39. The molecule has 0 saturated heterocycles. The molecule has 9 heteroatoms. The molecule has 0 amide bonds. The van der Waals surface area contributed by atoms with Gasteiger partial charge in [-0.3, -0.25) is 4.79 Å². The number of carbonyl (C=O) groups is 1. The predicted octanol–water partition coefficient (Wildman–Crippen LogP) is 4.98. The molecule has 0 radical (unpaired) electrons. The summed E-state index contributed by atoms with van der Waals surface area (Å²) in [6.07, 6.45) is 1.48. The van der Waals surface area contributed by atoms with Gasteiger partial charge in [0.1, 0.15) is 0 Å². The first-order valence-electron chi connectivity index (χ1n) is 8.78. The van der Waals surface area contributed by atoms with E-state index in [2.05, 4.69) is 58.9 Å². The summed E-state index contributed by atoms with van der Waals surface area (Å²) in [5.41, 5.74) is 0. The summed E-state index contributed by atoms with van der Waals surface area (Å²) in [5, 5.41) is 9.06. The van der Waals surface area contributed by atoms with Gasteiger partial charge < -0.3 is 17.5 Å². The molecule has 0 spiro atoms. The maximum absolute atomic E-state index is 11.0. The van der Waals surface area contributed by atoms with Crippen LogP contribution < -0.4 is 0 Å². The Morgan fingerprint density at radius 3 is 1.71 bits per heavy atom. The van der Waals surface area contributed by atoms with E-state index in [4.69, 9.17) is 17.5 Å². The second-order valence-electron chi connectivity index (χ2n) is 9.20. The lowest BCUT2D eigenvalue weighted by molar-refractivity contribution is -0.141. The molecule has 0 aromatic heterocycles. The van der Waals surface area contributed by atoms with E-state index in [0.29, 0.717) is 6.42 Å². The van der Waals surface area contributed by atoms with E-state index in [-0.39, 0.29) is 5.92 Å². The van der Waals surface area contributed by atoms with Crippen molar-refractivity contribution in [1.29, 1.82) is 0 Å². The van der Waals surface area contributed by atoms with Gasteiger partial charge in [0, 0.05) is 0 Å². The smallest absolute Gasteiger partial charge is 0.315 e. The largest absolute Gasteiger partial charge is 0.481 e. The summed E-state index contributed by atoms with van der Waals surface area (Å²) in [5.74, 6) is -1.05. The molecule has 0 rings (SSSR count). The van der Waals surface area contributed by atoms with Crippen LogP contribution in [-0.4, -0.2) is 44.8 Å². The lowest BCUT2D eigenvalue weighted by Crippen LogP contribution is -2.56. The molecule has 0 aliphatic carbocycles. The standard InChI is InChI=1S/C15H38O5Si4/c1-14(15(16)17)12-11-13-24(10,19-22(5,6)7)20-23(8,9)18-21(2,3)4/h14H,11-13H2,1-10H3,(H,16,17). The van der Waals surface area contributed by atoms with Crippen LogP contribution in [-0.2, 0) is 17.1 Å². The van der Waals surface area contributed by atoms with Gasteiger partial charge in [-0.1, -0.05) is 13.3 Å². The summed E-state index contributed by atoms with van der Waals surface area (Å²) in [6.45, 7) is 21.1. The summed E-state index contributed by atoms with van der Waals surface area (Å²) >= 11 is 0. The molecule has 0 aromatic rings. The number of carboxylic acid groups (broad SMARTS) is 1. The summed E-state index contributed by atoms with van der Waals surface area (Å²) in [6, 6.07) is 0.820. The van der Waals surface area contributed by atoms with Crippen LogP contribution in [0.5, 0.6) is 0 Å². The second-order valence-corrected chi connectivity index (χ2v) is 25.7. The molecule has 2 unspecified atom stereocenters. The highest BCUT2D eigenvalue weighted by Crippen LogP contribution is 2.28. The molecule has 2 atom stereocenters. The van der Waals surface area contributed by atoms with Crippen molar-refractivity contribution in [2.24, 2.45) is 5.92 Å². The van der Waals surface area contributed by atoms with Gasteiger partial charge in [-0.05, 0) is 71.4 Å². The van der Waals surface area contributed by atoms with Crippen molar-refractivity contribution in [1.82, 2.24) is 0 Å². The first-order chi connectivity index (χ1) is 10.4. The van der Waals surface area contributed by atoms with E-state index in [9.17, 15) is 4.79 Å². The van der Waals surface area contributed by atoms with Gasteiger partial charge in [0.2, 0.25) is 0 Å². The van der Waals surface area contributed by atoms with Crippen LogP contribution >= 0.6 is 0 Å². The van der Waals surface area contributed by atoms with E-state index in [1.807, 2.05) is 0 Å². The fourth-order valence-electron chi connectivity index (χ4n) is 2.90. The SMILES string of the molecule is CC(CCC[Si](C)(O[Si](C)(C)C)O[Si](C)(C)O[Si](C)(C)C)C(=O)O. The molecule has 144 valence electrons. The maximum Gasteiger partial charge on any atom is 0.315 e. The zero-order valence-electron chi connectivity index (χ0n) is 17.3. The van der Waals surface area contributed by atoms with E-state index in [1.54, 1.807) is 6.92 Å². The number of rotatable bonds is 11. The van der Waals surface area contributed by atoms with Gasteiger partial charge in [0.25, 0.3) is 0 Å². The van der Waals surface area contributed by atoms with Crippen molar-refractivity contribution in [3.63, 3.8) is 0 Å². The molecule has 0 saturated carbocycles. The van der Waals surface area contributed by atoms with E-state index in [0.717, 1.165) is 12.5 Å². The first kappa shape index (κ1) is 24.2. The predicted molar refractivity (Wildman–Crippen MR) is 110 cm³/mol. The first-order valence-corrected chi connectivity index (χ1v) is 20.9. The van der Waals surface area contributed by atoms with Gasteiger partial charge in [0.05, 0.1) is 5.92 Å². The number of hydrogen-bond donors (Lipinski definition) is 1. The third kappa shape index (κ3) is 11.7. The summed E-state index contributed by atoms with van der Waals surface area (Å²) in [4.78, 5) is 11.0. The average Bonchev–Trinajstić information content (AvgIpc) is 2.20. The van der Waals surface area contributed by atoms with Crippen LogP contribution in [0, 0.1) is 5.92 Å². The third-order valence-corrected chi connectivity index (χ3v) is 16.8. The summed E-state index contributed by atoms with van der Waals surface area (Å²) in [7, 11) is -8.09. The normalized spacial score (nSPS) is 17.4. The molecule has 0 heterocycles. The molecule has 5 nitrogen and oxygen atoms in total. The third-order valence-electron chi connectivity index (χ3n) is 3.23. The zero-order valence-corrected chi connectivity index (χ0v) is 21.3. The Morgan fingerprint density at radius 1 is 0.875 bits per heavy atom. The average molecular weight is 411 g/mol. The van der Waals surface area contributed by atoms with E-state index >= 15 is 0 Å². The highest BCUT2D eigenvalue weighted by atomic mass is 28.5. The zero-order chi connectivity index (χ0) is 19.4. The van der Waals surface area contributed by atoms with Crippen molar-refractivity contribution in [2.45, 2.75) is 84.7 Å². The molecule has 0 aromatic carbocycles. The Morgan fingerprint density at radius 2 is 1.33 bits per heavy atom. The number of hydrogen-bond acceptors (Lipinski definition) is 4. The fourth-order valence-corrected chi connectivity index (χ4v) is 20.9. The van der Waals surface area contributed by atoms with Crippen molar-refractivity contribution in [3.05, 3.63) is 0 Å². The lowest BCUT2D eigenvalue weighted by Gasteiger charge is -2.41. The van der Waals surface area contributed by atoms with E-state index in [1.165, 1.54) is 0 Å². The van der Waals surface area contributed by atoms with Gasteiger partial charge in [0.15, 0.2) is 16.6 Å². The van der Waals surface area contributed by atoms with Gasteiger partial charge in [-0.2, -0.15) is 0 Å². The van der Waals surface area contributed by atoms with Crippen LogP contribution in [0.4, 0.5) is 0 Å². The van der Waals surface area contributed by atoms with Crippen molar-refractivity contribution in [2.75, 3.05) is 0 Å². The van der Waals surface area contributed by atoms with Gasteiger partial charge in [-0.25, -0.2) is 0 Å². The Labute approximate surface area is 152 Å². The van der Waals surface area contributed by atoms with Crippen molar-refractivity contribution in [3.8, 4) is 0 Å². The number of aliphatic carboxylic acids is 1. The Bertz CT molecular complexity index is 417. The quantitative estimate of drug-likeness (QED) is 0.486. The number of carboxylic acids is 1. The van der Waals surface area contributed by atoms with Crippen LogP contribution in [0.3, 0.4) is 0 Å². The Hall–Kier alpha value is 0.218. The molecule has 0 bridgehead atoms. The second kappa shape index (κ2) is 8.74. The van der Waals surface area contributed by atoms with Crippen LogP contribution in [0.1, 0.15) is 19.8 Å². The maximum atomic E-state index is 11.0. The monoisotopic (exact) mass is 410 g/mol. The minimum absolute atomic E-state index is 0.321. The van der Waals surface area contributed by atoms with Gasteiger partial charge in [-0.15, -0.1) is 0 Å². The fraction of sp³-hybridized carbons (Fsp3) is 0.933.